The topological polar surface area (TPSA) is 97.8 Å². The van der Waals surface area contributed by atoms with Crippen molar-refractivity contribution in [2.75, 3.05) is 5.73 Å². The summed E-state index contributed by atoms with van der Waals surface area (Å²) in [5.41, 5.74) is 6.67. The van der Waals surface area contributed by atoms with Crippen LogP contribution in [0.3, 0.4) is 0 Å². The summed E-state index contributed by atoms with van der Waals surface area (Å²) in [6.45, 7) is 0. The van der Waals surface area contributed by atoms with Crippen molar-refractivity contribution >= 4 is 22.3 Å². The second kappa shape index (κ2) is 3.11. The average Bonchev–Trinajstić information content (AvgIpc) is 2.70. The fourth-order valence-corrected chi connectivity index (χ4v) is 1.61. The van der Waals surface area contributed by atoms with Gasteiger partial charge in [-0.1, -0.05) is 0 Å². The lowest BCUT2D eigenvalue weighted by molar-refractivity contribution is -0.389. The zero-order chi connectivity index (χ0) is 10.1. The third-order valence-corrected chi connectivity index (χ3v) is 2.34. The quantitative estimate of drug-likeness (QED) is 0.581. The molecule has 0 spiro atoms. The van der Waals surface area contributed by atoms with Crippen molar-refractivity contribution in [2.45, 2.75) is 0 Å². The lowest BCUT2D eigenvalue weighted by Gasteiger charge is -1.87. The van der Waals surface area contributed by atoms with Crippen molar-refractivity contribution in [1.29, 1.82) is 0 Å². The average molecular weight is 210 g/mol. The number of anilines is 1. The van der Waals surface area contributed by atoms with Crippen LogP contribution in [0.2, 0.25) is 0 Å². The van der Waals surface area contributed by atoms with Crippen LogP contribution in [-0.2, 0) is 0 Å². The molecule has 2 rings (SSSR count). The number of nitrogens with one attached hydrogen (secondary N) is 1. The molecule has 0 saturated carbocycles. The Labute approximate surface area is 82.6 Å². The molecule has 2 aromatic heterocycles. The molecule has 0 fully saturated rings. The number of rotatable bonds is 2. The Morgan fingerprint density at radius 2 is 2.36 bits per heavy atom. The maximum Gasteiger partial charge on any atom is 0.321 e. The van der Waals surface area contributed by atoms with Crippen LogP contribution in [0.4, 0.5) is 10.9 Å². The van der Waals surface area contributed by atoms with Gasteiger partial charge < -0.3 is 15.8 Å². The summed E-state index contributed by atoms with van der Waals surface area (Å²) in [4.78, 5) is 16.5. The molecule has 2 heterocycles. The van der Waals surface area contributed by atoms with Gasteiger partial charge in [0.15, 0.2) is 10.8 Å². The summed E-state index contributed by atoms with van der Waals surface area (Å²) in [6.07, 6.45) is 0. The van der Waals surface area contributed by atoms with E-state index < -0.39 is 4.92 Å². The minimum Gasteiger partial charge on any atom is -0.375 e. The van der Waals surface area contributed by atoms with E-state index in [4.69, 9.17) is 5.73 Å². The highest BCUT2D eigenvalue weighted by Crippen LogP contribution is 2.24. The lowest BCUT2D eigenvalue weighted by Crippen LogP contribution is -1.87. The van der Waals surface area contributed by atoms with E-state index in [-0.39, 0.29) is 5.82 Å². The van der Waals surface area contributed by atoms with Crippen LogP contribution < -0.4 is 5.73 Å². The summed E-state index contributed by atoms with van der Waals surface area (Å²) in [7, 11) is 0. The fourth-order valence-electron chi connectivity index (χ4n) is 1.05. The highest BCUT2D eigenvalue weighted by Gasteiger charge is 2.11. The molecule has 6 nitrogen and oxygen atoms in total. The number of nitro groups is 1. The van der Waals surface area contributed by atoms with Crippen molar-refractivity contribution in [3.8, 4) is 11.4 Å². The highest BCUT2D eigenvalue weighted by molar-refractivity contribution is 7.13. The van der Waals surface area contributed by atoms with Crippen LogP contribution >= 0.6 is 11.3 Å². The molecule has 0 atom stereocenters. The fraction of sp³-hybridized carbons (Fsp3) is 0. The van der Waals surface area contributed by atoms with Gasteiger partial charge in [-0.3, -0.25) is 0 Å². The van der Waals surface area contributed by atoms with E-state index in [1.165, 1.54) is 17.4 Å². The second-order valence-corrected chi connectivity index (χ2v) is 3.48. The molecule has 0 saturated heterocycles. The van der Waals surface area contributed by atoms with E-state index in [9.17, 15) is 10.1 Å². The van der Waals surface area contributed by atoms with E-state index in [1.54, 1.807) is 11.4 Å². The largest absolute Gasteiger partial charge is 0.375 e. The number of hydrogen-bond donors (Lipinski definition) is 2. The first kappa shape index (κ1) is 8.70. The lowest BCUT2D eigenvalue weighted by atomic mass is 10.3. The molecular weight excluding hydrogens is 204 g/mol. The van der Waals surface area contributed by atoms with Crippen LogP contribution in [-0.4, -0.2) is 14.9 Å². The van der Waals surface area contributed by atoms with E-state index in [1.807, 2.05) is 0 Å². The molecule has 7 heteroatoms. The summed E-state index contributed by atoms with van der Waals surface area (Å²) in [5.74, 6) is -0.0495. The minimum atomic E-state index is -0.487. The molecule has 0 radical (unpaired) electrons. The van der Waals surface area contributed by atoms with Gasteiger partial charge in [0.05, 0.1) is 0 Å². The number of aromatic nitrogens is 2. The third kappa shape index (κ3) is 1.44. The SMILES string of the molecule is Nc1nc(-c2ccc([N+](=O)[O-])[nH]2)cs1. The van der Waals surface area contributed by atoms with Gasteiger partial charge in [-0.15, -0.1) is 11.3 Å². The molecule has 0 amide bonds. The van der Waals surface area contributed by atoms with E-state index in [2.05, 4.69) is 9.97 Å². The first-order valence-electron chi connectivity index (χ1n) is 3.71. The molecule has 0 aliphatic heterocycles. The van der Waals surface area contributed by atoms with Gasteiger partial charge in [0.1, 0.15) is 5.69 Å². The monoisotopic (exact) mass is 210 g/mol. The Balaban J connectivity index is 2.38. The van der Waals surface area contributed by atoms with Gasteiger partial charge >= 0.3 is 5.82 Å². The second-order valence-electron chi connectivity index (χ2n) is 2.59. The normalized spacial score (nSPS) is 10.3. The number of nitrogens with zero attached hydrogens (tertiary/aromatic N) is 2. The molecule has 0 aliphatic carbocycles. The van der Waals surface area contributed by atoms with Gasteiger partial charge in [-0.2, -0.15) is 0 Å². The zero-order valence-electron chi connectivity index (χ0n) is 6.93. The van der Waals surface area contributed by atoms with Gasteiger partial charge in [-0.25, -0.2) is 9.97 Å². The van der Waals surface area contributed by atoms with E-state index in [0.717, 1.165) is 0 Å². The van der Waals surface area contributed by atoms with E-state index >= 15 is 0 Å². The Morgan fingerprint density at radius 1 is 1.57 bits per heavy atom. The Hall–Kier alpha value is -1.89. The number of thiazole rings is 1. The third-order valence-electron chi connectivity index (χ3n) is 1.67. The van der Waals surface area contributed by atoms with Crippen molar-refractivity contribution in [2.24, 2.45) is 0 Å². The minimum absolute atomic E-state index is 0.0495. The Bertz CT molecular complexity index is 475. The summed E-state index contributed by atoms with van der Waals surface area (Å²) in [6, 6.07) is 3.00. The summed E-state index contributed by atoms with van der Waals surface area (Å²) >= 11 is 1.29. The van der Waals surface area contributed by atoms with Crippen LogP contribution in [0.15, 0.2) is 17.5 Å². The van der Waals surface area contributed by atoms with Gasteiger partial charge in [0.25, 0.3) is 0 Å². The molecule has 0 bridgehead atoms. The first-order valence-corrected chi connectivity index (χ1v) is 4.59. The molecule has 3 N–H and O–H groups in total. The Morgan fingerprint density at radius 3 is 2.86 bits per heavy atom. The van der Waals surface area contributed by atoms with E-state index in [0.29, 0.717) is 16.5 Å². The molecule has 2 aromatic rings. The number of nitrogen functional groups attached to an aromatic ring is 1. The predicted octanol–water partition coefficient (Wildman–Crippen LogP) is 1.63. The number of aromatic amines is 1. The Kier molecular flexibility index (Phi) is 1.93. The number of nitrogens with two attached hydrogens (primary N) is 1. The van der Waals surface area contributed by atoms with Crippen LogP contribution in [0.1, 0.15) is 0 Å². The maximum absolute atomic E-state index is 10.4. The summed E-state index contributed by atoms with van der Waals surface area (Å²) < 4.78 is 0. The molecular formula is C7H6N4O2S. The van der Waals surface area contributed by atoms with Crippen molar-refractivity contribution in [3.63, 3.8) is 0 Å². The highest BCUT2D eigenvalue weighted by atomic mass is 32.1. The van der Waals surface area contributed by atoms with Crippen molar-refractivity contribution in [3.05, 3.63) is 27.6 Å². The molecule has 14 heavy (non-hydrogen) atoms. The van der Waals surface area contributed by atoms with Crippen molar-refractivity contribution < 1.29 is 4.92 Å². The molecule has 0 aliphatic rings. The number of H-pyrrole nitrogens is 1. The number of hydrogen-bond acceptors (Lipinski definition) is 5. The van der Waals surface area contributed by atoms with Gasteiger partial charge in [0, 0.05) is 11.4 Å². The predicted molar refractivity (Wildman–Crippen MR) is 53.0 cm³/mol. The van der Waals surface area contributed by atoms with Crippen LogP contribution in [0, 0.1) is 10.1 Å². The summed E-state index contributed by atoms with van der Waals surface area (Å²) in [5, 5.41) is 12.6. The molecule has 0 unspecified atom stereocenters. The maximum atomic E-state index is 10.4. The zero-order valence-corrected chi connectivity index (χ0v) is 7.75. The molecule has 72 valence electrons. The smallest absolute Gasteiger partial charge is 0.321 e. The van der Waals surface area contributed by atoms with Crippen LogP contribution in [0.5, 0.6) is 0 Å². The van der Waals surface area contributed by atoms with Gasteiger partial charge in [-0.05, 0) is 11.0 Å². The standard InChI is InChI=1S/C7H6N4O2S/c8-7-10-5(3-14-7)4-1-2-6(9-4)11(12)13/h1-3,9H,(H2,8,10). The van der Waals surface area contributed by atoms with Gasteiger partial charge in [0.2, 0.25) is 0 Å². The van der Waals surface area contributed by atoms with Crippen LogP contribution in [0.25, 0.3) is 11.4 Å². The first-order chi connectivity index (χ1) is 6.66. The molecule has 0 aromatic carbocycles. The van der Waals surface area contributed by atoms with Crippen molar-refractivity contribution in [1.82, 2.24) is 9.97 Å².